The van der Waals surface area contributed by atoms with E-state index in [9.17, 15) is 9.59 Å². The monoisotopic (exact) mass is 275 g/mol. The lowest BCUT2D eigenvalue weighted by Crippen LogP contribution is -2.51. The normalized spacial score (nSPS) is 18.6. The van der Waals surface area contributed by atoms with Crippen LogP contribution in [0.3, 0.4) is 0 Å². The average Bonchev–Trinajstić information content (AvgIpc) is 2.48. The van der Waals surface area contributed by atoms with E-state index in [0.29, 0.717) is 18.7 Å². The zero-order chi connectivity index (χ0) is 14.5. The first-order valence-corrected chi connectivity index (χ1v) is 6.97. The molecule has 0 spiro atoms. The van der Waals surface area contributed by atoms with Crippen molar-refractivity contribution in [2.24, 2.45) is 0 Å². The highest BCUT2D eigenvalue weighted by molar-refractivity contribution is 5.88. The Labute approximate surface area is 119 Å². The molecule has 0 radical (unpaired) electrons. The van der Waals surface area contributed by atoms with Gasteiger partial charge in [-0.05, 0) is 37.0 Å². The van der Waals surface area contributed by atoms with Crippen molar-refractivity contribution in [2.75, 3.05) is 19.3 Å². The summed E-state index contributed by atoms with van der Waals surface area (Å²) >= 11 is 0. The van der Waals surface area contributed by atoms with Crippen LogP contribution in [0.2, 0.25) is 0 Å². The highest BCUT2D eigenvalue weighted by atomic mass is 16.2. The Kier molecular flexibility index (Phi) is 4.61. The molecule has 0 bridgehead atoms. The molecule has 2 amide bonds. The van der Waals surface area contributed by atoms with Crippen molar-refractivity contribution in [3.8, 4) is 0 Å². The van der Waals surface area contributed by atoms with Crippen molar-refractivity contribution < 1.29 is 9.59 Å². The number of carbonyl (C=O) groups is 2. The van der Waals surface area contributed by atoms with E-state index in [-0.39, 0.29) is 17.9 Å². The zero-order valence-corrected chi connectivity index (χ0v) is 11.8. The van der Waals surface area contributed by atoms with E-state index in [1.54, 1.807) is 24.1 Å². The van der Waals surface area contributed by atoms with Gasteiger partial charge in [-0.1, -0.05) is 12.1 Å². The predicted octanol–water partition coefficient (Wildman–Crippen LogP) is 0.938. The summed E-state index contributed by atoms with van der Waals surface area (Å²) < 4.78 is 0. The van der Waals surface area contributed by atoms with Gasteiger partial charge in [0, 0.05) is 19.3 Å². The van der Waals surface area contributed by atoms with Crippen molar-refractivity contribution in [1.29, 1.82) is 0 Å². The van der Waals surface area contributed by atoms with Gasteiger partial charge in [0.15, 0.2) is 0 Å². The highest BCUT2D eigenvalue weighted by Crippen LogP contribution is 2.19. The number of anilines is 1. The number of likely N-dealkylation sites (N-methyl/N-ethyl adjacent to an activating group) is 1. The fraction of sp³-hybridized carbons (Fsp3) is 0.467. The van der Waals surface area contributed by atoms with Gasteiger partial charge in [0.2, 0.25) is 11.8 Å². The van der Waals surface area contributed by atoms with Crippen molar-refractivity contribution >= 4 is 17.5 Å². The third-order valence-electron chi connectivity index (χ3n) is 3.71. The summed E-state index contributed by atoms with van der Waals surface area (Å²) in [4.78, 5) is 26.0. The number of nitrogens with two attached hydrogens (primary N) is 1. The Balaban J connectivity index is 2.05. The quantitative estimate of drug-likeness (QED) is 0.806. The fourth-order valence-corrected chi connectivity index (χ4v) is 2.58. The molecule has 5 nitrogen and oxygen atoms in total. The number of nitrogen functional groups attached to an aromatic ring is 1. The molecule has 0 aliphatic carbocycles. The number of benzene rings is 1. The first kappa shape index (κ1) is 14.4. The molecule has 1 aromatic carbocycles. The SMILES string of the molecule is CNC(=O)C1CCCCN1C(=O)Cc1ccc(N)cc1. The number of likely N-dealkylation sites (tertiary alicyclic amines) is 1. The first-order chi connectivity index (χ1) is 9.61. The van der Waals surface area contributed by atoms with Crippen molar-refractivity contribution in [3.63, 3.8) is 0 Å². The number of hydrogen-bond acceptors (Lipinski definition) is 3. The van der Waals surface area contributed by atoms with E-state index in [2.05, 4.69) is 5.32 Å². The topological polar surface area (TPSA) is 75.4 Å². The standard InChI is InChI=1S/C15H21N3O2/c1-17-15(20)13-4-2-3-9-18(13)14(19)10-11-5-7-12(16)8-6-11/h5-8,13H,2-4,9-10,16H2,1H3,(H,17,20). The minimum absolute atomic E-state index is 0.00284. The minimum Gasteiger partial charge on any atom is -0.399 e. The van der Waals surface area contributed by atoms with Crippen LogP contribution in [-0.2, 0) is 16.0 Å². The summed E-state index contributed by atoms with van der Waals surface area (Å²) in [5.74, 6) is -0.0709. The van der Waals surface area contributed by atoms with Gasteiger partial charge < -0.3 is 16.0 Å². The predicted molar refractivity (Wildman–Crippen MR) is 78.0 cm³/mol. The number of carbonyl (C=O) groups excluding carboxylic acids is 2. The Morgan fingerprint density at radius 1 is 1.30 bits per heavy atom. The maximum Gasteiger partial charge on any atom is 0.242 e. The van der Waals surface area contributed by atoms with E-state index in [1.807, 2.05) is 12.1 Å². The Hall–Kier alpha value is -2.04. The van der Waals surface area contributed by atoms with Gasteiger partial charge in [0.1, 0.15) is 6.04 Å². The van der Waals surface area contributed by atoms with Gasteiger partial charge in [-0.3, -0.25) is 9.59 Å². The smallest absolute Gasteiger partial charge is 0.242 e. The Morgan fingerprint density at radius 2 is 2.00 bits per heavy atom. The molecule has 1 heterocycles. The lowest BCUT2D eigenvalue weighted by molar-refractivity contribution is -0.141. The molecule has 1 atom stereocenters. The van der Waals surface area contributed by atoms with Gasteiger partial charge in [-0.15, -0.1) is 0 Å². The lowest BCUT2D eigenvalue weighted by atomic mass is 10.00. The van der Waals surface area contributed by atoms with Crippen LogP contribution in [0.4, 0.5) is 5.69 Å². The first-order valence-electron chi connectivity index (χ1n) is 6.97. The molecule has 0 saturated carbocycles. The molecular weight excluding hydrogens is 254 g/mol. The van der Waals surface area contributed by atoms with E-state index in [1.165, 1.54) is 0 Å². The average molecular weight is 275 g/mol. The fourth-order valence-electron chi connectivity index (χ4n) is 2.58. The van der Waals surface area contributed by atoms with Crippen LogP contribution in [0.15, 0.2) is 24.3 Å². The van der Waals surface area contributed by atoms with Crippen molar-refractivity contribution in [3.05, 3.63) is 29.8 Å². The second-order valence-electron chi connectivity index (χ2n) is 5.13. The summed E-state index contributed by atoms with van der Waals surface area (Å²) in [6.45, 7) is 0.659. The lowest BCUT2D eigenvalue weighted by Gasteiger charge is -2.34. The molecule has 0 aromatic heterocycles. The van der Waals surface area contributed by atoms with Crippen molar-refractivity contribution in [2.45, 2.75) is 31.7 Å². The summed E-state index contributed by atoms with van der Waals surface area (Å²) in [5, 5.41) is 2.64. The third-order valence-corrected chi connectivity index (χ3v) is 3.71. The van der Waals surface area contributed by atoms with Gasteiger partial charge in [-0.25, -0.2) is 0 Å². The molecular formula is C15H21N3O2. The Morgan fingerprint density at radius 3 is 2.65 bits per heavy atom. The molecule has 1 unspecified atom stereocenters. The molecule has 1 aliphatic rings. The third kappa shape index (κ3) is 3.29. The van der Waals surface area contributed by atoms with Crippen LogP contribution in [0, 0.1) is 0 Å². The number of nitrogens with zero attached hydrogens (tertiary/aromatic N) is 1. The molecule has 1 aliphatic heterocycles. The molecule has 1 fully saturated rings. The summed E-state index contributed by atoms with van der Waals surface area (Å²) in [6.07, 6.45) is 3.01. The molecule has 1 aromatic rings. The zero-order valence-electron chi connectivity index (χ0n) is 11.8. The van der Waals surface area contributed by atoms with Crippen LogP contribution in [0.1, 0.15) is 24.8 Å². The number of hydrogen-bond donors (Lipinski definition) is 2. The summed E-state index contributed by atoms with van der Waals surface area (Å²) in [5.41, 5.74) is 7.24. The number of rotatable bonds is 3. The van der Waals surface area contributed by atoms with Crippen LogP contribution >= 0.6 is 0 Å². The summed E-state index contributed by atoms with van der Waals surface area (Å²) in [6, 6.07) is 6.96. The number of amides is 2. The maximum absolute atomic E-state index is 12.4. The molecule has 108 valence electrons. The summed E-state index contributed by atoms with van der Waals surface area (Å²) in [7, 11) is 1.61. The van der Waals surface area contributed by atoms with E-state index < -0.39 is 0 Å². The maximum atomic E-state index is 12.4. The molecule has 20 heavy (non-hydrogen) atoms. The van der Waals surface area contributed by atoms with Gasteiger partial charge in [0.25, 0.3) is 0 Å². The second kappa shape index (κ2) is 6.41. The Bertz CT molecular complexity index is 484. The van der Waals surface area contributed by atoms with E-state index in [4.69, 9.17) is 5.73 Å². The van der Waals surface area contributed by atoms with Crippen LogP contribution in [0.25, 0.3) is 0 Å². The molecule has 5 heteroatoms. The number of nitrogens with one attached hydrogen (secondary N) is 1. The van der Waals surface area contributed by atoms with Gasteiger partial charge >= 0.3 is 0 Å². The molecule has 2 rings (SSSR count). The van der Waals surface area contributed by atoms with Gasteiger partial charge in [-0.2, -0.15) is 0 Å². The van der Waals surface area contributed by atoms with Crippen LogP contribution in [-0.4, -0.2) is 36.3 Å². The number of piperidine rings is 1. The van der Waals surface area contributed by atoms with E-state index in [0.717, 1.165) is 24.8 Å². The minimum atomic E-state index is -0.324. The van der Waals surface area contributed by atoms with Crippen LogP contribution in [0.5, 0.6) is 0 Å². The van der Waals surface area contributed by atoms with E-state index >= 15 is 0 Å². The molecule has 3 N–H and O–H groups in total. The van der Waals surface area contributed by atoms with Gasteiger partial charge in [0.05, 0.1) is 6.42 Å². The largest absolute Gasteiger partial charge is 0.399 e. The van der Waals surface area contributed by atoms with Crippen molar-refractivity contribution in [1.82, 2.24) is 10.2 Å². The second-order valence-corrected chi connectivity index (χ2v) is 5.13. The highest BCUT2D eigenvalue weighted by Gasteiger charge is 2.31. The van der Waals surface area contributed by atoms with Crippen LogP contribution < -0.4 is 11.1 Å². The molecule has 1 saturated heterocycles.